The summed E-state index contributed by atoms with van der Waals surface area (Å²) in [5.74, 6) is 0.261. The number of thiazole rings is 1. The average Bonchev–Trinajstić information content (AvgIpc) is 2.67. The Balaban J connectivity index is 0.000000338. The highest BCUT2D eigenvalue weighted by molar-refractivity contribution is 7.91. The van der Waals surface area contributed by atoms with Crippen molar-refractivity contribution in [3.8, 4) is 0 Å². The van der Waals surface area contributed by atoms with Crippen LogP contribution in [0.1, 0.15) is 5.56 Å². The van der Waals surface area contributed by atoms with Gasteiger partial charge in [-0.2, -0.15) is 21.6 Å². The molecule has 3 rings (SSSR count). The number of rotatable bonds is 0. The summed E-state index contributed by atoms with van der Waals surface area (Å²) in [6.45, 7) is 0.420. The van der Waals surface area contributed by atoms with Gasteiger partial charge in [-0.05, 0) is 17.2 Å². The second-order valence-corrected chi connectivity index (χ2v) is 8.70. The average molecular weight is 388 g/mol. The third kappa shape index (κ3) is 4.26. The van der Waals surface area contributed by atoms with Gasteiger partial charge in [0.1, 0.15) is 11.3 Å². The van der Waals surface area contributed by atoms with E-state index in [1.165, 1.54) is 0 Å². The van der Waals surface area contributed by atoms with Crippen molar-refractivity contribution in [1.29, 1.82) is 5.41 Å². The third-order valence-corrected chi connectivity index (χ3v) is 5.13. The summed E-state index contributed by atoms with van der Waals surface area (Å²) in [5, 5.41) is 7.72. The van der Waals surface area contributed by atoms with Crippen LogP contribution in [0.15, 0.2) is 17.0 Å². The van der Waals surface area contributed by atoms with Gasteiger partial charge in [0.15, 0.2) is 9.70 Å². The first kappa shape index (κ1) is 18.3. The molecule has 1 aromatic carbocycles. The smallest absolute Gasteiger partial charge is 0.416 e. The molecule has 0 aliphatic carbocycles. The number of nitrogens with zero attached hydrogens (tertiary/aromatic N) is 1. The number of aryl methyl sites for hydroxylation is 1. The number of benzene rings is 1. The van der Waals surface area contributed by atoms with E-state index >= 15 is 0 Å². The van der Waals surface area contributed by atoms with Crippen molar-refractivity contribution in [2.45, 2.75) is 17.6 Å². The summed E-state index contributed by atoms with van der Waals surface area (Å²) in [6.07, 6.45) is -3.74. The summed E-state index contributed by atoms with van der Waals surface area (Å²) >= 11 is -0.433. The lowest BCUT2D eigenvalue weighted by molar-refractivity contribution is -0.137. The molecule has 2 heterocycles. The molecule has 0 amide bonds. The molecule has 0 unspecified atom stereocenters. The zero-order valence-electron chi connectivity index (χ0n) is 11.5. The Morgan fingerprint density at radius 2 is 2.00 bits per heavy atom. The van der Waals surface area contributed by atoms with Crippen molar-refractivity contribution < 1.29 is 30.7 Å². The lowest BCUT2D eigenvalue weighted by Crippen LogP contribution is -2.25. The van der Waals surface area contributed by atoms with Crippen LogP contribution in [-0.2, 0) is 34.0 Å². The second kappa shape index (κ2) is 6.09. The minimum atomic E-state index is -4.46. The Bertz CT molecular complexity index is 894. The number of halogens is 3. The summed E-state index contributed by atoms with van der Waals surface area (Å²) in [4.78, 5) is 0.392. The molecule has 128 valence electrons. The molecule has 12 heteroatoms. The molecule has 2 aromatic rings. The van der Waals surface area contributed by atoms with Crippen molar-refractivity contribution in [2.75, 3.05) is 12.0 Å². The Hall–Kier alpha value is -1.08. The number of hydrogen-bond acceptors (Lipinski definition) is 5. The van der Waals surface area contributed by atoms with E-state index in [1.54, 1.807) is 4.57 Å². The quantitative estimate of drug-likeness (QED) is 0.530. The van der Waals surface area contributed by atoms with Gasteiger partial charge in [-0.3, -0.25) is 9.96 Å². The summed E-state index contributed by atoms with van der Waals surface area (Å²) in [7, 11) is -3.67. The zero-order chi connectivity index (χ0) is 17.6. The SMILES string of the molecule is CS(=O)(=O)O.N=c1sc2cc(C(F)(F)F)cc3c2n1CC[S@@+]3[O-]. The minimum absolute atomic E-state index is 0.195. The van der Waals surface area contributed by atoms with Gasteiger partial charge in [0, 0.05) is 6.07 Å². The summed E-state index contributed by atoms with van der Waals surface area (Å²) in [6, 6.07) is 1.97. The van der Waals surface area contributed by atoms with E-state index < -0.39 is 33.0 Å². The van der Waals surface area contributed by atoms with E-state index in [9.17, 15) is 26.1 Å². The highest BCUT2D eigenvalue weighted by Gasteiger charge is 2.35. The third-order valence-electron chi connectivity index (χ3n) is 2.83. The van der Waals surface area contributed by atoms with Crippen LogP contribution in [0.2, 0.25) is 0 Å². The molecule has 0 fully saturated rings. The van der Waals surface area contributed by atoms with Gasteiger partial charge >= 0.3 is 6.18 Å². The van der Waals surface area contributed by atoms with Crippen LogP contribution in [0, 0.1) is 5.41 Å². The number of aromatic nitrogens is 1. The molecule has 0 spiro atoms. The highest BCUT2D eigenvalue weighted by atomic mass is 32.2. The van der Waals surface area contributed by atoms with E-state index in [4.69, 9.17) is 9.96 Å². The fourth-order valence-electron chi connectivity index (χ4n) is 2.02. The van der Waals surface area contributed by atoms with Crippen molar-refractivity contribution in [2.24, 2.45) is 0 Å². The summed E-state index contributed by atoms with van der Waals surface area (Å²) in [5.41, 5.74) is -0.281. The van der Waals surface area contributed by atoms with Gasteiger partial charge in [0.2, 0.25) is 0 Å². The molecule has 0 saturated heterocycles. The Morgan fingerprint density at radius 1 is 1.43 bits per heavy atom. The second-order valence-electron chi connectivity index (χ2n) is 4.66. The fraction of sp³-hybridized carbons (Fsp3) is 0.364. The fourth-order valence-corrected chi connectivity index (χ4v) is 4.35. The van der Waals surface area contributed by atoms with Crippen molar-refractivity contribution in [1.82, 2.24) is 4.57 Å². The zero-order valence-corrected chi connectivity index (χ0v) is 14.0. The van der Waals surface area contributed by atoms with E-state index in [1.807, 2.05) is 0 Å². The summed E-state index contributed by atoms with van der Waals surface area (Å²) < 4.78 is 77.9. The van der Waals surface area contributed by atoms with Gasteiger partial charge in [-0.15, -0.1) is 0 Å². The number of nitrogens with one attached hydrogen (secondary N) is 1. The lowest BCUT2D eigenvalue weighted by Gasteiger charge is -2.19. The molecular formula is C11H11F3N2O4S3. The largest absolute Gasteiger partial charge is 0.611 e. The predicted molar refractivity (Wildman–Crippen MR) is 79.4 cm³/mol. The van der Waals surface area contributed by atoms with Crippen LogP contribution in [0.5, 0.6) is 0 Å². The topological polar surface area (TPSA) is 106 Å². The van der Waals surface area contributed by atoms with Crippen LogP contribution >= 0.6 is 11.3 Å². The molecule has 0 radical (unpaired) electrons. The van der Waals surface area contributed by atoms with Gasteiger partial charge in [-0.25, -0.2) is 0 Å². The molecule has 1 aliphatic heterocycles. The Labute approximate surface area is 136 Å². The molecule has 0 bridgehead atoms. The molecule has 1 atom stereocenters. The molecular weight excluding hydrogens is 377 g/mol. The molecule has 2 N–H and O–H groups in total. The van der Waals surface area contributed by atoms with Gasteiger partial charge in [0.25, 0.3) is 10.1 Å². The van der Waals surface area contributed by atoms with E-state index in [0.29, 0.717) is 23.0 Å². The molecule has 23 heavy (non-hydrogen) atoms. The molecule has 1 aliphatic rings. The van der Waals surface area contributed by atoms with Crippen LogP contribution in [0.3, 0.4) is 0 Å². The molecule has 0 saturated carbocycles. The first-order valence-corrected chi connectivity index (χ1v) is 9.96. The standard InChI is InChI=1S/C10H7F3N2OS2.CH4O3S/c11-10(12,13)5-3-6-8-7(4-5)18(16)2-1-15(8)9(14)17-6;1-5(2,3)4/h3-4,14H,1-2H2;1H3,(H,2,3,4)/t18-;/m1./s1. The number of alkyl halides is 3. The van der Waals surface area contributed by atoms with Crippen molar-refractivity contribution in [3.63, 3.8) is 0 Å². The van der Waals surface area contributed by atoms with Crippen LogP contribution in [0.4, 0.5) is 13.2 Å². The van der Waals surface area contributed by atoms with E-state index in [2.05, 4.69) is 0 Å². The highest BCUT2D eigenvalue weighted by Crippen LogP contribution is 2.37. The maximum absolute atomic E-state index is 12.7. The van der Waals surface area contributed by atoms with Crippen LogP contribution < -0.4 is 4.80 Å². The maximum atomic E-state index is 12.7. The monoisotopic (exact) mass is 388 g/mol. The van der Waals surface area contributed by atoms with Crippen LogP contribution in [0.25, 0.3) is 10.2 Å². The van der Waals surface area contributed by atoms with E-state index in [0.717, 1.165) is 23.5 Å². The normalized spacial score (nSPS) is 17.7. The first-order chi connectivity index (χ1) is 10.4. The molecule has 1 aromatic heterocycles. The van der Waals surface area contributed by atoms with E-state index in [-0.39, 0.29) is 15.4 Å². The molecule has 6 nitrogen and oxygen atoms in total. The number of hydrogen-bond donors (Lipinski definition) is 2. The lowest BCUT2D eigenvalue weighted by atomic mass is 10.2. The van der Waals surface area contributed by atoms with Crippen molar-refractivity contribution >= 4 is 42.8 Å². The predicted octanol–water partition coefficient (Wildman–Crippen LogP) is 1.83. The van der Waals surface area contributed by atoms with Crippen LogP contribution in [-0.4, -0.2) is 34.1 Å². The van der Waals surface area contributed by atoms with Gasteiger partial charge in [0.05, 0.1) is 23.1 Å². The first-order valence-electron chi connectivity index (χ1n) is 5.98. The van der Waals surface area contributed by atoms with Gasteiger partial charge in [-0.1, -0.05) is 11.3 Å². The van der Waals surface area contributed by atoms with Gasteiger partial charge < -0.3 is 9.12 Å². The maximum Gasteiger partial charge on any atom is 0.416 e. The Kier molecular flexibility index (Phi) is 4.84. The van der Waals surface area contributed by atoms with Crippen molar-refractivity contribution in [3.05, 3.63) is 22.5 Å². The Morgan fingerprint density at radius 3 is 2.52 bits per heavy atom. The minimum Gasteiger partial charge on any atom is -0.611 e.